The summed E-state index contributed by atoms with van der Waals surface area (Å²) in [7, 11) is 0. The van der Waals surface area contributed by atoms with Crippen LogP contribution in [0.3, 0.4) is 0 Å². The van der Waals surface area contributed by atoms with E-state index in [1.165, 1.54) is 11.8 Å². The molecule has 0 spiro atoms. The van der Waals surface area contributed by atoms with Gasteiger partial charge in [0, 0.05) is 41.8 Å². The minimum Gasteiger partial charge on any atom is -0.356 e. The number of hydrogen-bond donors (Lipinski definition) is 1. The van der Waals surface area contributed by atoms with Crippen molar-refractivity contribution in [3.05, 3.63) is 63.0 Å². The maximum absolute atomic E-state index is 12.6. The van der Waals surface area contributed by atoms with Crippen LogP contribution in [0.15, 0.2) is 51.7 Å². The number of fused-ring (bicyclic) bond motifs is 4. The summed E-state index contributed by atoms with van der Waals surface area (Å²) >= 11 is 10.6. The van der Waals surface area contributed by atoms with E-state index in [1.54, 1.807) is 6.07 Å². The number of halogens is 1. The number of hydrogen-bond acceptors (Lipinski definition) is 4. The van der Waals surface area contributed by atoms with Gasteiger partial charge >= 0.3 is 0 Å². The first kappa shape index (κ1) is 20.6. The number of carbonyl (C=O) groups excluding carboxylic acids is 1. The smallest absolute Gasteiger partial charge is 0.250 e. The van der Waals surface area contributed by atoms with Gasteiger partial charge in [-0.3, -0.25) is 9.59 Å². The second-order valence-electron chi connectivity index (χ2n) is 7.60. The molecule has 0 saturated carbocycles. The van der Waals surface area contributed by atoms with Crippen molar-refractivity contribution in [3.8, 4) is 0 Å². The fourth-order valence-electron chi connectivity index (χ4n) is 4.12. The minimum absolute atomic E-state index is 0.0710. The fourth-order valence-corrected chi connectivity index (χ4v) is 5.85. The Morgan fingerprint density at radius 1 is 1.21 bits per heavy atom. The molecule has 0 radical (unpaired) electrons. The van der Waals surface area contributed by atoms with Crippen LogP contribution in [0.4, 0.5) is 5.69 Å². The van der Waals surface area contributed by atoms with Gasteiger partial charge in [-0.1, -0.05) is 42.2 Å². The third-order valence-corrected chi connectivity index (χ3v) is 7.78. The number of nitrogens with one attached hydrogen (secondary N) is 1. The molecular formula is C21H22BrN3O2S2. The number of amides is 1. The van der Waals surface area contributed by atoms with Crippen LogP contribution in [0.25, 0.3) is 0 Å². The van der Waals surface area contributed by atoms with E-state index in [9.17, 15) is 9.59 Å². The summed E-state index contributed by atoms with van der Waals surface area (Å²) in [4.78, 5) is 27.0. The molecule has 1 N–H and O–H groups in total. The number of thiocarbonyl (C=S) groups is 1. The molecule has 0 aliphatic carbocycles. The van der Waals surface area contributed by atoms with Crippen LogP contribution >= 0.6 is 39.9 Å². The summed E-state index contributed by atoms with van der Waals surface area (Å²) < 4.78 is 3.52. The van der Waals surface area contributed by atoms with Crippen LogP contribution in [0.2, 0.25) is 0 Å². The number of benzene rings is 1. The number of piperidine rings is 1. The van der Waals surface area contributed by atoms with Crippen LogP contribution in [-0.2, 0) is 11.3 Å². The SMILES string of the molecule is C[C@H](SC(=S)N1C[C@H]2C[C@@H](C1)c1cccc(=O)n1C2)C(=O)Nc1ccccc1Br. The highest BCUT2D eigenvalue weighted by atomic mass is 79.9. The molecule has 152 valence electrons. The molecule has 2 aromatic rings. The molecule has 3 atom stereocenters. The standard InChI is InChI=1S/C21H22BrN3O2S2/c1-13(20(27)23-17-6-3-2-5-16(17)22)29-21(28)24-10-14-9-15(12-24)18-7-4-8-19(26)25(18)11-14/h2-8,13-15H,9-12H2,1H3,(H,23,27)/t13-,14+,15-/m0/s1. The summed E-state index contributed by atoms with van der Waals surface area (Å²) in [6.45, 7) is 4.25. The molecule has 5 nitrogen and oxygen atoms in total. The average Bonchev–Trinajstić information content (AvgIpc) is 2.70. The van der Waals surface area contributed by atoms with E-state index in [-0.39, 0.29) is 16.7 Å². The van der Waals surface area contributed by atoms with Crippen LogP contribution in [0.5, 0.6) is 0 Å². The molecule has 1 fully saturated rings. The maximum Gasteiger partial charge on any atom is 0.250 e. The Hall–Kier alpha value is -1.64. The molecule has 0 unspecified atom stereocenters. The minimum atomic E-state index is -0.300. The molecule has 1 aromatic carbocycles. The fraction of sp³-hybridized carbons (Fsp3) is 0.381. The van der Waals surface area contributed by atoms with E-state index in [2.05, 4.69) is 32.2 Å². The number of aromatic nitrogens is 1. The lowest BCUT2D eigenvalue weighted by atomic mass is 9.83. The van der Waals surface area contributed by atoms with Gasteiger partial charge < -0.3 is 14.8 Å². The highest BCUT2D eigenvalue weighted by molar-refractivity contribution is 9.10. The molecule has 29 heavy (non-hydrogen) atoms. The largest absolute Gasteiger partial charge is 0.356 e. The molecular weight excluding hydrogens is 470 g/mol. The Balaban J connectivity index is 1.40. The van der Waals surface area contributed by atoms with E-state index in [1.807, 2.05) is 41.8 Å². The molecule has 8 heteroatoms. The van der Waals surface area contributed by atoms with Crippen molar-refractivity contribution in [2.24, 2.45) is 5.92 Å². The lowest BCUT2D eigenvalue weighted by molar-refractivity contribution is -0.115. The lowest BCUT2D eigenvalue weighted by Crippen LogP contribution is -2.48. The number of nitrogens with zero attached hydrogens (tertiary/aromatic N) is 2. The van der Waals surface area contributed by atoms with Crippen molar-refractivity contribution < 1.29 is 4.79 Å². The summed E-state index contributed by atoms with van der Waals surface area (Å²) in [6.07, 6.45) is 1.09. The van der Waals surface area contributed by atoms with Crippen LogP contribution in [0, 0.1) is 5.92 Å². The number of anilines is 1. The topological polar surface area (TPSA) is 54.3 Å². The van der Waals surface area contributed by atoms with Gasteiger partial charge in [0.25, 0.3) is 5.56 Å². The third kappa shape index (κ3) is 4.44. The second-order valence-corrected chi connectivity index (χ2v) is 10.4. The third-order valence-electron chi connectivity index (χ3n) is 5.52. The monoisotopic (exact) mass is 491 g/mol. The molecule has 2 aliphatic rings. The van der Waals surface area contributed by atoms with Gasteiger partial charge in [-0.25, -0.2) is 0 Å². The molecule has 4 rings (SSSR count). The summed E-state index contributed by atoms with van der Waals surface area (Å²) in [5.74, 6) is 0.641. The van der Waals surface area contributed by atoms with Gasteiger partial charge in [0.2, 0.25) is 5.91 Å². The highest BCUT2D eigenvalue weighted by Crippen LogP contribution is 2.36. The van der Waals surface area contributed by atoms with E-state index in [0.29, 0.717) is 11.8 Å². The zero-order chi connectivity index (χ0) is 20.5. The Morgan fingerprint density at radius 2 is 2.00 bits per heavy atom. The van der Waals surface area contributed by atoms with Gasteiger partial charge in [-0.2, -0.15) is 0 Å². The van der Waals surface area contributed by atoms with E-state index in [0.717, 1.165) is 46.2 Å². The van der Waals surface area contributed by atoms with E-state index >= 15 is 0 Å². The van der Waals surface area contributed by atoms with Gasteiger partial charge in [0.05, 0.1) is 10.9 Å². The van der Waals surface area contributed by atoms with E-state index < -0.39 is 0 Å². The molecule has 2 aliphatic heterocycles. The van der Waals surface area contributed by atoms with Crippen molar-refractivity contribution in [2.75, 3.05) is 18.4 Å². The zero-order valence-electron chi connectivity index (χ0n) is 16.0. The average molecular weight is 492 g/mol. The summed E-state index contributed by atoms with van der Waals surface area (Å²) in [5, 5.41) is 2.65. The number of rotatable bonds is 3. The molecule has 1 amide bonds. The zero-order valence-corrected chi connectivity index (χ0v) is 19.2. The molecule has 1 aromatic heterocycles. The Kier molecular flexibility index (Phi) is 6.13. The molecule has 1 saturated heterocycles. The van der Waals surface area contributed by atoms with Crippen molar-refractivity contribution in [1.29, 1.82) is 0 Å². The molecule has 2 bridgehead atoms. The van der Waals surface area contributed by atoms with Crippen molar-refractivity contribution in [1.82, 2.24) is 9.47 Å². The van der Waals surface area contributed by atoms with Crippen molar-refractivity contribution in [3.63, 3.8) is 0 Å². The van der Waals surface area contributed by atoms with Gasteiger partial charge in [-0.15, -0.1) is 0 Å². The van der Waals surface area contributed by atoms with Crippen LogP contribution < -0.4 is 10.9 Å². The van der Waals surface area contributed by atoms with Crippen LogP contribution in [-0.4, -0.2) is 38.0 Å². The Morgan fingerprint density at radius 3 is 2.79 bits per heavy atom. The number of thioether (sulfide) groups is 1. The number of para-hydroxylation sites is 1. The van der Waals surface area contributed by atoms with Crippen molar-refractivity contribution in [2.45, 2.75) is 31.1 Å². The predicted octanol–water partition coefficient (Wildman–Crippen LogP) is 4.08. The quantitative estimate of drug-likeness (QED) is 0.655. The number of carbonyl (C=O) groups is 1. The number of pyridine rings is 1. The number of likely N-dealkylation sites (tertiary alicyclic amines) is 1. The van der Waals surface area contributed by atoms with Gasteiger partial charge in [0.15, 0.2) is 0 Å². The Labute approximate surface area is 188 Å². The lowest BCUT2D eigenvalue weighted by Gasteiger charge is -2.43. The van der Waals surface area contributed by atoms with E-state index in [4.69, 9.17) is 12.2 Å². The van der Waals surface area contributed by atoms with Crippen molar-refractivity contribution >= 4 is 55.8 Å². The first-order chi connectivity index (χ1) is 13.9. The first-order valence-electron chi connectivity index (χ1n) is 9.63. The maximum atomic E-state index is 12.6. The highest BCUT2D eigenvalue weighted by Gasteiger charge is 2.35. The van der Waals surface area contributed by atoms with Crippen LogP contribution in [0.1, 0.15) is 25.0 Å². The van der Waals surface area contributed by atoms with Gasteiger partial charge in [0.1, 0.15) is 4.32 Å². The first-order valence-corrected chi connectivity index (χ1v) is 11.7. The summed E-state index contributed by atoms with van der Waals surface area (Å²) in [5.41, 5.74) is 1.94. The molecule has 3 heterocycles. The predicted molar refractivity (Wildman–Crippen MR) is 126 cm³/mol. The normalized spacial score (nSPS) is 21.2. The summed E-state index contributed by atoms with van der Waals surface area (Å²) in [6, 6.07) is 13.1. The van der Waals surface area contributed by atoms with Gasteiger partial charge in [-0.05, 0) is 53.4 Å². The Bertz CT molecular complexity index is 1010. The second kappa shape index (κ2) is 8.62.